The Morgan fingerprint density at radius 1 is 1.00 bits per heavy atom. The fourth-order valence-corrected chi connectivity index (χ4v) is 4.16. The number of aryl methyl sites for hydroxylation is 3. The van der Waals surface area contributed by atoms with Crippen molar-refractivity contribution in [2.75, 3.05) is 4.90 Å². The van der Waals surface area contributed by atoms with Gasteiger partial charge in [0.15, 0.2) is 5.43 Å². The summed E-state index contributed by atoms with van der Waals surface area (Å²) in [4.78, 5) is 43.6. The summed E-state index contributed by atoms with van der Waals surface area (Å²) >= 11 is 0. The number of nitro groups is 1. The van der Waals surface area contributed by atoms with Crippen LogP contribution in [0, 0.1) is 30.9 Å². The molecule has 3 heterocycles. The predicted molar refractivity (Wildman–Crippen MR) is 123 cm³/mol. The monoisotopic (exact) mass is 441 g/mol. The molecule has 33 heavy (non-hydrogen) atoms. The molecule has 8 heteroatoms. The van der Waals surface area contributed by atoms with Gasteiger partial charge in [-0.1, -0.05) is 6.07 Å². The van der Waals surface area contributed by atoms with Gasteiger partial charge in [-0.2, -0.15) is 0 Å². The highest BCUT2D eigenvalue weighted by Crippen LogP contribution is 2.41. The van der Waals surface area contributed by atoms with Gasteiger partial charge >= 0.3 is 0 Å². The molecule has 0 saturated heterocycles. The number of fused-ring (bicyclic) bond motifs is 2. The molecule has 164 valence electrons. The number of carbonyl (C=O) groups excluding carboxylic acids is 1. The zero-order valence-corrected chi connectivity index (χ0v) is 18.2. The molecule has 0 fully saturated rings. The average molecular weight is 441 g/mol. The first-order chi connectivity index (χ1) is 15.8. The number of carbonyl (C=O) groups is 1. The summed E-state index contributed by atoms with van der Waals surface area (Å²) in [5.41, 5.74) is 3.50. The second kappa shape index (κ2) is 7.37. The Kier molecular flexibility index (Phi) is 4.59. The van der Waals surface area contributed by atoms with Crippen molar-refractivity contribution >= 4 is 28.4 Å². The van der Waals surface area contributed by atoms with E-state index in [-0.39, 0.29) is 22.4 Å². The Bertz CT molecular complexity index is 1500. The largest absolute Gasteiger partial charge is 0.450 e. The zero-order valence-electron chi connectivity index (χ0n) is 18.2. The van der Waals surface area contributed by atoms with Crippen molar-refractivity contribution in [3.8, 4) is 0 Å². The third-order valence-electron chi connectivity index (χ3n) is 6.05. The minimum absolute atomic E-state index is 0.0403. The van der Waals surface area contributed by atoms with Crippen LogP contribution in [0.3, 0.4) is 0 Å². The molecule has 8 nitrogen and oxygen atoms in total. The molecule has 1 atom stereocenters. The van der Waals surface area contributed by atoms with Crippen molar-refractivity contribution in [3.05, 3.63) is 109 Å². The molecule has 1 aliphatic rings. The standard InChI is InChI=1S/C25H19N3O5/c1-13-4-9-20(26-12-13)27-22(16-5-7-17(8-6-16)28(31)32)21-23(29)18-10-14(2)15(3)11-19(18)33-24(21)25(27)30/h4-12,22H,1-3H3. The molecular weight excluding hydrogens is 422 g/mol. The van der Waals surface area contributed by atoms with E-state index in [9.17, 15) is 19.7 Å². The van der Waals surface area contributed by atoms with Crippen LogP contribution in [-0.4, -0.2) is 15.8 Å². The highest BCUT2D eigenvalue weighted by atomic mass is 16.6. The maximum Gasteiger partial charge on any atom is 0.296 e. The molecule has 5 rings (SSSR count). The summed E-state index contributed by atoms with van der Waals surface area (Å²) in [5.74, 6) is -0.167. The number of pyridine rings is 1. The van der Waals surface area contributed by atoms with Crippen molar-refractivity contribution in [2.45, 2.75) is 26.8 Å². The lowest BCUT2D eigenvalue weighted by atomic mass is 9.97. The summed E-state index contributed by atoms with van der Waals surface area (Å²) in [6, 6.07) is 12.0. The van der Waals surface area contributed by atoms with Gasteiger partial charge in [0.2, 0.25) is 5.76 Å². The van der Waals surface area contributed by atoms with Gasteiger partial charge in [-0.25, -0.2) is 4.98 Å². The number of benzene rings is 2. The molecular formula is C25H19N3O5. The number of non-ortho nitro benzene ring substituents is 1. The summed E-state index contributed by atoms with van der Waals surface area (Å²) in [7, 11) is 0. The van der Waals surface area contributed by atoms with E-state index in [4.69, 9.17) is 4.42 Å². The first kappa shape index (κ1) is 20.6. The van der Waals surface area contributed by atoms with Crippen LogP contribution >= 0.6 is 0 Å². The molecule has 1 amide bonds. The molecule has 0 saturated carbocycles. The first-order valence-electron chi connectivity index (χ1n) is 10.3. The third-order valence-corrected chi connectivity index (χ3v) is 6.05. The molecule has 1 aliphatic heterocycles. The van der Waals surface area contributed by atoms with Crippen LogP contribution in [0.4, 0.5) is 11.5 Å². The van der Waals surface area contributed by atoms with Crippen LogP contribution < -0.4 is 10.3 Å². The Hall–Kier alpha value is -4.33. The zero-order chi connectivity index (χ0) is 23.4. The minimum atomic E-state index is -0.828. The third kappa shape index (κ3) is 3.18. The Labute approximate surface area is 188 Å². The van der Waals surface area contributed by atoms with E-state index in [0.717, 1.165) is 16.7 Å². The Morgan fingerprint density at radius 2 is 1.70 bits per heavy atom. The van der Waals surface area contributed by atoms with Crippen LogP contribution in [0.15, 0.2) is 63.9 Å². The number of hydrogen-bond acceptors (Lipinski definition) is 6. The van der Waals surface area contributed by atoms with Gasteiger partial charge in [0, 0.05) is 18.3 Å². The number of nitrogens with zero attached hydrogens (tertiary/aromatic N) is 3. The smallest absolute Gasteiger partial charge is 0.296 e. The second-order valence-electron chi connectivity index (χ2n) is 8.23. The lowest BCUT2D eigenvalue weighted by Crippen LogP contribution is -2.30. The lowest BCUT2D eigenvalue weighted by Gasteiger charge is -2.24. The molecule has 0 aliphatic carbocycles. The fraction of sp³-hybridized carbons (Fsp3) is 0.160. The summed E-state index contributed by atoms with van der Waals surface area (Å²) < 4.78 is 6.00. The minimum Gasteiger partial charge on any atom is -0.450 e. The van der Waals surface area contributed by atoms with Crippen LogP contribution in [0.1, 0.15) is 44.4 Å². The maximum absolute atomic E-state index is 13.7. The molecule has 2 aromatic heterocycles. The summed E-state index contributed by atoms with van der Waals surface area (Å²) in [6.07, 6.45) is 1.64. The molecule has 1 unspecified atom stereocenters. The molecule has 2 aromatic carbocycles. The van der Waals surface area contributed by atoms with Crippen LogP contribution in [0.5, 0.6) is 0 Å². The van der Waals surface area contributed by atoms with E-state index in [0.29, 0.717) is 22.4 Å². The maximum atomic E-state index is 13.7. The number of nitro benzene ring substituents is 1. The van der Waals surface area contributed by atoms with Crippen LogP contribution in [0.2, 0.25) is 0 Å². The van der Waals surface area contributed by atoms with Crippen LogP contribution in [-0.2, 0) is 0 Å². The normalized spacial score (nSPS) is 15.2. The molecule has 0 radical (unpaired) electrons. The molecule has 0 spiro atoms. The van der Waals surface area contributed by atoms with E-state index in [1.807, 2.05) is 26.8 Å². The predicted octanol–water partition coefficient (Wildman–Crippen LogP) is 4.77. The van der Waals surface area contributed by atoms with Gasteiger partial charge in [-0.3, -0.25) is 24.6 Å². The first-order valence-corrected chi connectivity index (χ1v) is 10.3. The fourth-order valence-electron chi connectivity index (χ4n) is 4.16. The van der Waals surface area contributed by atoms with E-state index in [1.54, 1.807) is 36.5 Å². The number of anilines is 1. The molecule has 4 aromatic rings. The van der Waals surface area contributed by atoms with Gasteiger partial charge in [0.25, 0.3) is 11.6 Å². The molecule has 0 bridgehead atoms. The number of aromatic nitrogens is 1. The Morgan fingerprint density at radius 3 is 2.33 bits per heavy atom. The van der Waals surface area contributed by atoms with Crippen molar-refractivity contribution in [1.29, 1.82) is 0 Å². The van der Waals surface area contributed by atoms with Crippen LogP contribution in [0.25, 0.3) is 11.0 Å². The van der Waals surface area contributed by atoms with Gasteiger partial charge in [0.1, 0.15) is 11.4 Å². The SMILES string of the molecule is Cc1ccc(N2C(=O)c3oc4cc(C)c(C)cc4c(=O)c3C2c2ccc([N+](=O)[O-])cc2)nc1. The number of rotatable bonds is 3. The number of amides is 1. The van der Waals surface area contributed by atoms with E-state index in [2.05, 4.69) is 4.98 Å². The average Bonchev–Trinajstić information content (AvgIpc) is 3.08. The van der Waals surface area contributed by atoms with Gasteiger partial charge < -0.3 is 4.42 Å². The van der Waals surface area contributed by atoms with E-state index in [1.165, 1.54) is 17.0 Å². The summed E-state index contributed by atoms with van der Waals surface area (Å²) in [6.45, 7) is 5.70. The quantitative estimate of drug-likeness (QED) is 0.335. The lowest BCUT2D eigenvalue weighted by molar-refractivity contribution is -0.384. The molecule has 0 N–H and O–H groups in total. The van der Waals surface area contributed by atoms with Crippen molar-refractivity contribution in [2.24, 2.45) is 0 Å². The van der Waals surface area contributed by atoms with Gasteiger partial charge in [-0.15, -0.1) is 0 Å². The van der Waals surface area contributed by atoms with Gasteiger partial charge in [0.05, 0.1) is 21.9 Å². The topological polar surface area (TPSA) is 107 Å². The van der Waals surface area contributed by atoms with Crippen molar-refractivity contribution < 1.29 is 14.1 Å². The Balaban J connectivity index is 1.79. The van der Waals surface area contributed by atoms with E-state index < -0.39 is 16.9 Å². The van der Waals surface area contributed by atoms with Crippen molar-refractivity contribution in [1.82, 2.24) is 4.98 Å². The second-order valence-corrected chi connectivity index (χ2v) is 8.23. The highest BCUT2D eigenvalue weighted by Gasteiger charge is 2.44. The van der Waals surface area contributed by atoms with Crippen molar-refractivity contribution in [3.63, 3.8) is 0 Å². The number of hydrogen-bond donors (Lipinski definition) is 0. The van der Waals surface area contributed by atoms with E-state index >= 15 is 0 Å². The summed E-state index contributed by atoms with van der Waals surface area (Å²) in [5, 5.41) is 11.5. The highest BCUT2D eigenvalue weighted by molar-refractivity contribution is 6.10. The van der Waals surface area contributed by atoms with Gasteiger partial charge in [-0.05, 0) is 73.4 Å².